The molecule has 0 aromatic heterocycles. The van der Waals surface area contributed by atoms with E-state index in [9.17, 15) is 13.2 Å². The second-order valence-corrected chi connectivity index (χ2v) is 8.00. The summed E-state index contributed by atoms with van der Waals surface area (Å²) in [7, 11) is -3.56. The topological polar surface area (TPSA) is 84.5 Å². The first-order valence-corrected chi connectivity index (χ1v) is 10.5. The number of carbonyl (C=O) groups excluding carboxylic acids is 1. The SMILES string of the molecule is CCCOc1cccc(C(=O)Nc2ccc(S(=O)(=O)NC(C)CC)cc2)c1. The van der Waals surface area contributed by atoms with Crippen molar-refractivity contribution in [2.24, 2.45) is 0 Å². The second-order valence-electron chi connectivity index (χ2n) is 6.29. The van der Waals surface area contributed by atoms with Gasteiger partial charge in [-0.2, -0.15) is 0 Å². The molecule has 1 atom stereocenters. The first kappa shape index (κ1) is 20.9. The highest BCUT2D eigenvalue weighted by Crippen LogP contribution is 2.18. The molecule has 0 aliphatic heterocycles. The molecule has 146 valence electrons. The third-order valence-electron chi connectivity index (χ3n) is 3.96. The maximum Gasteiger partial charge on any atom is 0.255 e. The molecular weight excluding hydrogens is 364 g/mol. The summed E-state index contributed by atoms with van der Waals surface area (Å²) in [4.78, 5) is 12.6. The Morgan fingerprint density at radius 3 is 2.44 bits per heavy atom. The quantitative estimate of drug-likeness (QED) is 0.682. The Labute approximate surface area is 161 Å². The van der Waals surface area contributed by atoms with Gasteiger partial charge in [-0.25, -0.2) is 13.1 Å². The highest BCUT2D eigenvalue weighted by atomic mass is 32.2. The largest absolute Gasteiger partial charge is 0.494 e. The van der Waals surface area contributed by atoms with E-state index in [2.05, 4.69) is 10.0 Å². The lowest BCUT2D eigenvalue weighted by Crippen LogP contribution is -2.31. The van der Waals surface area contributed by atoms with Gasteiger partial charge in [0.15, 0.2) is 0 Å². The van der Waals surface area contributed by atoms with Gasteiger partial charge in [0.05, 0.1) is 11.5 Å². The Bertz CT molecular complexity index is 864. The summed E-state index contributed by atoms with van der Waals surface area (Å²) in [5.74, 6) is 0.354. The molecule has 1 amide bonds. The minimum atomic E-state index is -3.56. The highest BCUT2D eigenvalue weighted by Gasteiger charge is 2.16. The van der Waals surface area contributed by atoms with Crippen molar-refractivity contribution < 1.29 is 17.9 Å². The van der Waals surface area contributed by atoms with Gasteiger partial charge in [-0.15, -0.1) is 0 Å². The fourth-order valence-corrected chi connectivity index (χ4v) is 3.61. The van der Waals surface area contributed by atoms with E-state index >= 15 is 0 Å². The van der Waals surface area contributed by atoms with Gasteiger partial charge in [0.1, 0.15) is 5.75 Å². The fraction of sp³-hybridized carbons (Fsp3) is 0.350. The van der Waals surface area contributed by atoms with E-state index in [-0.39, 0.29) is 16.8 Å². The Kier molecular flexibility index (Phi) is 7.38. The summed E-state index contributed by atoms with van der Waals surface area (Å²) < 4.78 is 32.7. The molecule has 0 bridgehead atoms. The van der Waals surface area contributed by atoms with Crippen LogP contribution in [0.4, 0.5) is 5.69 Å². The van der Waals surface area contributed by atoms with Gasteiger partial charge in [0, 0.05) is 17.3 Å². The lowest BCUT2D eigenvalue weighted by molar-refractivity contribution is 0.102. The van der Waals surface area contributed by atoms with Crippen molar-refractivity contribution in [1.82, 2.24) is 4.72 Å². The normalized spacial score (nSPS) is 12.4. The van der Waals surface area contributed by atoms with Crippen molar-refractivity contribution in [3.63, 3.8) is 0 Å². The number of hydrogen-bond acceptors (Lipinski definition) is 4. The van der Waals surface area contributed by atoms with Gasteiger partial charge in [0.2, 0.25) is 10.0 Å². The van der Waals surface area contributed by atoms with Crippen molar-refractivity contribution in [2.45, 2.75) is 44.6 Å². The van der Waals surface area contributed by atoms with Gasteiger partial charge in [-0.3, -0.25) is 4.79 Å². The van der Waals surface area contributed by atoms with Gasteiger partial charge in [-0.1, -0.05) is 19.9 Å². The van der Waals surface area contributed by atoms with Crippen LogP contribution in [0.1, 0.15) is 44.0 Å². The monoisotopic (exact) mass is 390 g/mol. The zero-order valence-corrected chi connectivity index (χ0v) is 16.7. The second kappa shape index (κ2) is 9.53. The van der Waals surface area contributed by atoms with Crippen molar-refractivity contribution in [3.8, 4) is 5.75 Å². The lowest BCUT2D eigenvalue weighted by atomic mass is 10.2. The van der Waals surface area contributed by atoms with Crippen LogP contribution >= 0.6 is 0 Å². The maximum atomic E-state index is 12.4. The van der Waals surface area contributed by atoms with Crippen LogP contribution in [0, 0.1) is 0 Å². The number of benzene rings is 2. The molecule has 0 saturated heterocycles. The molecule has 0 radical (unpaired) electrons. The van der Waals surface area contributed by atoms with E-state index in [1.807, 2.05) is 20.8 Å². The molecule has 2 N–H and O–H groups in total. The number of carbonyl (C=O) groups is 1. The number of rotatable bonds is 9. The van der Waals surface area contributed by atoms with Crippen LogP contribution in [0.5, 0.6) is 5.75 Å². The zero-order valence-electron chi connectivity index (χ0n) is 15.9. The summed E-state index contributed by atoms with van der Waals surface area (Å²) in [5, 5.41) is 2.76. The number of nitrogens with one attached hydrogen (secondary N) is 2. The van der Waals surface area contributed by atoms with E-state index in [1.165, 1.54) is 12.1 Å². The molecule has 0 heterocycles. The number of ether oxygens (including phenoxy) is 1. The molecule has 2 aromatic rings. The van der Waals surface area contributed by atoms with Crippen LogP contribution in [-0.2, 0) is 10.0 Å². The Morgan fingerprint density at radius 1 is 1.11 bits per heavy atom. The standard InChI is InChI=1S/C20H26N2O4S/c1-4-13-26-18-8-6-7-16(14-18)20(23)21-17-9-11-19(12-10-17)27(24,25)22-15(3)5-2/h6-12,14-15,22H,4-5,13H2,1-3H3,(H,21,23). The third-order valence-corrected chi connectivity index (χ3v) is 5.57. The molecule has 7 heteroatoms. The molecule has 0 aliphatic carbocycles. The van der Waals surface area contributed by atoms with E-state index < -0.39 is 10.0 Å². The predicted octanol–water partition coefficient (Wildman–Crippen LogP) is 3.80. The highest BCUT2D eigenvalue weighted by molar-refractivity contribution is 7.89. The number of hydrogen-bond donors (Lipinski definition) is 2. The Hall–Kier alpha value is -2.38. The first-order valence-electron chi connectivity index (χ1n) is 9.02. The molecule has 2 aromatic carbocycles. The van der Waals surface area contributed by atoms with Crippen molar-refractivity contribution in [2.75, 3.05) is 11.9 Å². The predicted molar refractivity (Wildman–Crippen MR) is 107 cm³/mol. The lowest BCUT2D eigenvalue weighted by Gasteiger charge is -2.12. The Balaban J connectivity index is 2.07. The smallest absolute Gasteiger partial charge is 0.255 e. The van der Waals surface area contributed by atoms with Crippen LogP contribution in [-0.4, -0.2) is 27.0 Å². The Morgan fingerprint density at radius 2 is 1.81 bits per heavy atom. The van der Waals surface area contributed by atoms with E-state index in [0.29, 0.717) is 30.0 Å². The molecule has 27 heavy (non-hydrogen) atoms. The molecule has 6 nitrogen and oxygen atoms in total. The zero-order chi connectivity index (χ0) is 19.9. The van der Waals surface area contributed by atoms with E-state index in [1.54, 1.807) is 36.4 Å². The minimum absolute atomic E-state index is 0.142. The fourth-order valence-electron chi connectivity index (χ4n) is 2.28. The summed E-state index contributed by atoms with van der Waals surface area (Å²) in [5.41, 5.74) is 0.987. The van der Waals surface area contributed by atoms with Gasteiger partial charge in [-0.05, 0) is 62.2 Å². The molecule has 0 fully saturated rings. The van der Waals surface area contributed by atoms with Crippen LogP contribution in [0.15, 0.2) is 53.4 Å². The average molecular weight is 391 g/mol. The van der Waals surface area contributed by atoms with Gasteiger partial charge < -0.3 is 10.1 Å². The van der Waals surface area contributed by atoms with Gasteiger partial charge in [0.25, 0.3) is 5.91 Å². The molecule has 0 saturated carbocycles. The third kappa shape index (κ3) is 6.08. The van der Waals surface area contributed by atoms with Crippen LogP contribution in [0.2, 0.25) is 0 Å². The van der Waals surface area contributed by atoms with Crippen molar-refractivity contribution in [3.05, 3.63) is 54.1 Å². The van der Waals surface area contributed by atoms with Crippen LogP contribution < -0.4 is 14.8 Å². The number of sulfonamides is 1. The molecule has 0 aliphatic rings. The minimum Gasteiger partial charge on any atom is -0.494 e. The first-order chi connectivity index (χ1) is 12.9. The van der Waals surface area contributed by atoms with E-state index in [0.717, 1.165) is 6.42 Å². The van der Waals surface area contributed by atoms with Crippen molar-refractivity contribution >= 4 is 21.6 Å². The molecular formula is C20H26N2O4S. The van der Waals surface area contributed by atoms with Crippen LogP contribution in [0.3, 0.4) is 0 Å². The number of amides is 1. The summed E-state index contributed by atoms with van der Waals surface area (Å²) in [6, 6.07) is 12.9. The molecule has 1 unspecified atom stereocenters. The van der Waals surface area contributed by atoms with Crippen molar-refractivity contribution in [1.29, 1.82) is 0 Å². The van der Waals surface area contributed by atoms with Gasteiger partial charge >= 0.3 is 0 Å². The summed E-state index contributed by atoms with van der Waals surface area (Å²) in [6.45, 7) is 6.32. The number of anilines is 1. The molecule has 0 spiro atoms. The molecule has 2 rings (SSSR count). The van der Waals surface area contributed by atoms with E-state index in [4.69, 9.17) is 4.74 Å². The van der Waals surface area contributed by atoms with Crippen LogP contribution in [0.25, 0.3) is 0 Å². The summed E-state index contributed by atoms with van der Waals surface area (Å²) >= 11 is 0. The maximum absolute atomic E-state index is 12.4. The average Bonchev–Trinajstić information content (AvgIpc) is 2.66. The summed E-state index contributed by atoms with van der Waals surface area (Å²) in [6.07, 6.45) is 1.59.